The second kappa shape index (κ2) is 8.90. The molecule has 29 heavy (non-hydrogen) atoms. The fourth-order valence-corrected chi connectivity index (χ4v) is 3.72. The number of carbonyl (C=O) groups excluding carboxylic acids is 1. The van der Waals surface area contributed by atoms with Crippen LogP contribution in [0, 0.1) is 0 Å². The third-order valence-corrected chi connectivity index (χ3v) is 5.38. The molecule has 2 heterocycles. The molecule has 1 atom stereocenters. The maximum atomic E-state index is 12.7. The molecule has 6 nitrogen and oxygen atoms in total. The molecule has 6 heteroatoms. The van der Waals surface area contributed by atoms with Crippen molar-refractivity contribution in [3.8, 4) is 17.1 Å². The number of likely N-dealkylation sites (tertiary alicyclic amines) is 1. The Labute approximate surface area is 170 Å². The molecule has 2 aromatic carbocycles. The first kappa shape index (κ1) is 19.2. The summed E-state index contributed by atoms with van der Waals surface area (Å²) in [4.78, 5) is 19.2. The number of amides is 1. The molecule has 4 rings (SSSR count). The number of aromatic nitrogens is 2. The fraction of sp³-hybridized carbons (Fsp3) is 0.348. The first-order valence-electron chi connectivity index (χ1n) is 10.0. The van der Waals surface area contributed by atoms with Crippen LogP contribution in [0.5, 0.6) is 5.75 Å². The van der Waals surface area contributed by atoms with Gasteiger partial charge in [-0.2, -0.15) is 4.98 Å². The van der Waals surface area contributed by atoms with Gasteiger partial charge in [-0.15, -0.1) is 0 Å². The van der Waals surface area contributed by atoms with Crippen LogP contribution in [0.4, 0.5) is 0 Å². The van der Waals surface area contributed by atoms with Gasteiger partial charge in [0.25, 0.3) is 0 Å². The first-order valence-corrected chi connectivity index (χ1v) is 10.0. The molecule has 0 spiro atoms. The second-order valence-corrected chi connectivity index (χ2v) is 7.35. The van der Waals surface area contributed by atoms with E-state index in [1.807, 2.05) is 47.4 Å². The van der Waals surface area contributed by atoms with Crippen molar-refractivity contribution >= 4 is 5.91 Å². The fourth-order valence-electron chi connectivity index (χ4n) is 3.72. The standard InChI is InChI=1S/C23H25N3O3/c1-28-20-12-10-18(11-13-20)22-24-23(29-25-22)19-8-5-15-26(16-19)21(27)14-9-17-6-3-2-4-7-17/h2-4,6-7,10-13,19H,5,8-9,14-16H2,1H3/t19-/m1/s1. The second-order valence-electron chi connectivity index (χ2n) is 7.35. The molecule has 1 saturated heterocycles. The van der Waals surface area contributed by atoms with E-state index in [0.717, 1.165) is 37.1 Å². The van der Waals surface area contributed by atoms with Gasteiger partial charge < -0.3 is 14.2 Å². The van der Waals surface area contributed by atoms with Gasteiger partial charge in [-0.25, -0.2) is 0 Å². The summed E-state index contributed by atoms with van der Waals surface area (Å²) in [6.07, 6.45) is 3.19. The van der Waals surface area contributed by atoms with Crippen molar-refractivity contribution in [2.75, 3.05) is 20.2 Å². The van der Waals surface area contributed by atoms with Gasteiger partial charge in [0, 0.05) is 25.1 Å². The summed E-state index contributed by atoms with van der Waals surface area (Å²) >= 11 is 0. The summed E-state index contributed by atoms with van der Waals surface area (Å²) in [6.45, 7) is 1.43. The van der Waals surface area contributed by atoms with Gasteiger partial charge in [0.1, 0.15) is 5.75 Å². The van der Waals surface area contributed by atoms with Gasteiger partial charge in [0.05, 0.1) is 13.0 Å². The van der Waals surface area contributed by atoms with Gasteiger partial charge in [-0.3, -0.25) is 4.79 Å². The van der Waals surface area contributed by atoms with Crippen molar-refractivity contribution in [1.29, 1.82) is 0 Å². The van der Waals surface area contributed by atoms with Gasteiger partial charge in [-0.05, 0) is 49.1 Å². The minimum atomic E-state index is 0.0870. The lowest BCUT2D eigenvalue weighted by molar-refractivity contribution is -0.132. The molecule has 1 aliphatic rings. The van der Waals surface area contributed by atoms with E-state index >= 15 is 0 Å². The molecular formula is C23H25N3O3. The summed E-state index contributed by atoms with van der Waals surface area (Å²) in [6, 6.07) is 17.7. The molecule has 0 unspecified atom stereocenters. The highest BCUT2D eigenvalue weighted by Gasteiger charge is 2.28. The van der Waals surface area contributed by atoms with Crippen LogP contribution in [-0.4, -0.2) is 41.1 Å². The molecule has 1 aromatic heterocycles. The van der Waals surface area contributed by atoms with Gasteiger partial charge in [-0.1, -0.05) is 35.5 Å². The van der Waals surface area contributed by atoms with Crippen LogP contribution < -0.4 is 4.74 Å². The summed E-state index contributed by atoms with van der Waals surface area (Å²) in [5, 5.41) is 4.13. The van der Waals surface area contributed by atoms with Crippen LogP contribution in [0.1, 0.15) is 36.6 Å². The Kier molecular flexibility index (Phi) is 5.89. The van der Waals surface area contributed by atoms with Gasteiger partial charge >= 0.3 is 0 Å². The van der Waals surface area contributed by atoms with Crippen LogP contribution in [0.25, 0.3) is 11.4 Å². The van der Waals surface area contributed by atoms with Crippen molar-refractivity contribution in [1.82, 2.24) is 15.0 Å². The monoisotopic (exact) mass is 391 g/mol. The maximum absolute atomic E-state index is 12.7. The lowest BCUT2D eigenvalue weighted by Crippen LogP contribution is -2.39. The summed E-state index contributed by atoms with van der Waals surface area (Å²) < 4.78 is 10.7. The lowest BCUT2D eigenvalue weighted by Gasteiger charge is -2.31. The molecule has 1 aliphatic heterocycles. The highest BCUT2D eigenvalue weighted by atomic mass is 16.5. The number of methoxy groups -OCH3 is 1. The predicted octanol–water partition coefficient (Wildman–Crippen LogP) is 4.08. The van der Waals surface area contributed by atoms with Crippen molar-refractivity contribution in [2.24, 2.45) is 0 Å². The van der Waals surface area contributed by atoms with Crippen molar-refractivity contribution in [3.63, 3.8) is 0 Å². The van der Waals surface area contributed by atoms with E-state index in [2.05, 4.69) is 22.3 Å². The zero-order valence-corrected chi connectivity index (χ0v) is 16.6. The van der Waals surface area contributed by atoms with E-state index in [0.29, 0.717) is 24.7 Å². The molecule has 0 radical (unpaired) electrons. The average molecular weight is 391 g/mol. The molecule has 1 amide bonds. The normalized spacial score (nSPS) is 16.6. The van der Waals surface area contributed by atoms with Crippen molar-refractivity contribution in [2.45, 2.75) is 31.6 Å². The van der Waals surface area contributed by atoms with Crippen LogP contribution >= 0.6 is 0 Å². The Bertz CT molecular complexity index is 938. The molecule has 0 aliphatic carbocycles. The molecular weight excluding hydrogens is 366 g/mol. The largest absolute Gasteiger partial charge is 0.497 e. The Hall–Kier alpha value is -3.15. The SMILES string of the molecule is COc1ccc(-c2noc([C@@H]3CCCN(C(=O)CCc4ccccc4)C3)n2)cc1. The molecule has 1 fully saturated rings. The van der Waals surface area contributed by atoms with Gasteiger partial charge in [0.2, 0.25) is 17.6 Å². The van der Waals surface area contributed by atoms with Crippen LogP contribution in [-0.2, 0) is 11.2 Å². The zero-order valence-electron chi connectivity index (χ0n) is 16.6. The number of rotatable bonds is 6. The first-order chi connectivity index (χ1) is 14.2. The molecule has 0 saturated carbocycles. The quantitative estimate of drug-likeness (QED) is 0.633. The summed E-state index contributed by atoms with van der Waals surface area (Å²) in [7, 11) is 1.64. The molecule has 0 N–H and O–H groups in total. The number of benzene rings is 2. The Morgan fingerprint density at radius 2 is 1.97 bits per heavy atom. The van der Waals surface area contributed by atoms with Gasteiger partial charge in [0.15, 0.2) is 0 Å². The third-order valence-electron chi connectivity index (χ3n) is 5.38. The van der Waals surface area contributed by atoms with Crippen molar-refractivity contribution in [3.05, 3.63) is 66.1 Å². The smallest absolute Gasteiger partial charge is 0.231 e. The molecule has 150 valence electrons. The van der Waals surface area contributed by atoms with Crippen LogP contribution in [0.2, 0.25) is 0 Å². The molecule has 3 aromatic rings. The number of ether oxygens (including phenoxy) is 1. The topological polar surface area (TPSA) is 68.5 Å². The molecule has 0 bridgehead atoms. The maximum Gasteiger partial charge on any atom is 0.231 e. The highest BCUT2D eigenvalue weighted by molar-refractivity contribution is 5.76. The Morgan fingerprint density at radius 3 is 2.72 bits per heavy atom. The highest BCUT2D eigenvalue weighted by Crippen LogP contribution is 2.28. The summed E-state index contributed by atoms with van der Waals surface area (Å²) in [5.74, 6) is 2.23. The van der Waals surface area contributed by atoms with Crippen LogP contribution in [0.15, 0.2) is 59.1 Å². The summed E-state index contributed by atoms with van der Waals surface area (Å²) in [5.41, 5.74) is 2.07. The van der Waals surface area contributed by atoms with Crippen molar-refractivity contribution < 1.29 is 14.1 Å². The zero-order chi connectivity index (χ0) is 20.1. The number of carbonyl (C=O) groups is 1. The minimum absolute atomic E-state index is 0.0870. The van der Waals surface area contributed by atoms with E-state index in [-0.39, 0.29) is 11.8 Å². The third kappa shape index (κ3) is 4.65. The van der Waals surface area contributed by atoms with E-state index < -0.39 is 0 Å². The van der Waals surface area contributed by atoms with E-state index in [1.165, 1.54) is 5.56 Å². The number of piperidine rings is 1. The van der Waals surface area contributed by atoms with Crippen LogP contribution in [0.3, 0.4) is 0 Å². The van der Waals surface area contributed by atoms with E-state index in [9.17, 15) is 4.79 Å². The van der Waals surface area contributed by atoms with E-state index in [1.54, 1.807) is 7.11 Å². The minimum Gasteiger partial charge on any atom is -0.497 e. The Balaban J connectivity index is 1.38. The number of hydrogen-bond acceptors (Lipinski definition) is 5. The lowest BCUT2D eigenvalue weighted by atomic mass is 9.97. The number of nitrogens with zero attached hydrogens (tertiary/aromatic N) is 3. The average Bonchev–Trinajstić information content (AvgIpc) is 3.29. The number of aryl methyl sites for hydroxylation is 1. The predicted molar refractivity (Wildman–Crippen MR) is 110 cm³/mol. The van der Waals surface area contributed by atoms with E-state index in [4.69, 9.17) is 9.26 Å². The number of hydrogen-bond donors (Lipinski definition) is 0. The Morgan fingerprint density at radius 1 is 1.17 bits per heavy atom.